The largest absolute Gasteiger partial charge is 0.303 e. The summed E-state index contributed by atoms with van der Waals surface area (Å²) in [7, 11) is 0. The van der Waals surface area contributed by atoms with Crippen LogP contribution in [0.1, 0.15) is 0 Å². The summed E-state index contributed by atoms with van der Waals surface area (Å²) in [5, 5.41) is 16.5. The Kier molecular flexibility index (Phi) is 3.62. The summed E-state index contributed by atoms with van der Waals surface area (Å²) in [6.45, 7) is 0. The third kappa shape index (κ3) is 4.56. The summed E-state index contributed by atoms with van der Waals surface area (Å²) in [5.41, 5.74) is 0. The van der Waals surface area contributed by atoms with Gasteiger partial charge < -0.3 is 5.84 Å². The highest BCUT2D eigenvalue weighted by Crippen LogP contribution is 1.63. The smallest absolute Gasteiger partial charge is 0.129 e. The summed E-state index contributed by atoms with van der Waals surface area (Å²) >= 11 is 0. The van der Waals surface area contributed by atoms with Gasteiger partial charge in [-0.2, -0.15) is 5.26 Å². The van der Waals surface area contributed by atoms with Gasteiger partial charge in [0, 0.05) is 0 Å². The van der Waals surface area contributed by atoms with Gasteiger partial charge in [-0.15, -0.1) is 5.10 Å². The van der Waals surface area contributed by atoms with E-state index in [1.165, 1.54) is 0 Å². The highest BCUT2D eigenvalue weighted by atomic mass is 15.5. The van der Waals surface area contributed by atoms with Crippen molar-refractivity contribution in [1.82, 2.24) is 0 Å². The molecule has 0 saturated carbocycles. The molecule has 5 heteroatoms. The van der Waals surface area contributed by atoms with Gasteiger partial charge in [0.25, 0.3) is 0 Å². The highest BCUT2D eigenvalue weighted by molar-refractivity contribution is 5.74. The van der Waals surface area contributed by atoms with Crippen LogP contribution >= 0.6 is 0 Å². The van der Waals surface area contributed by atoms with Crippen molar-refractivity contribution in [3.63, 3.8) is 0 Å². The van der Waals surface area contributed by atoms with Crippen molar-refractivity contribution >= 4 is 6.21 Å². The molecule has 0 heterocycles. The Bertz CT molecular complexity index is 117. The number of nitriles is 1. The molecule has 0 bridgehead atoms. The van der Waals surface area contributed by atoms with Crippen molar-refractivity contribution in [3.8, 4) is 6.07 Å². The van der Waals surface area contributed by atoms with Crippen LogP contribution in [-0.2, 0) is 0 Å². The number of hydrogen-bond donors (Lipinski definition) is 1. The minimum absolute atomic E-state index is 0.927. The van der Waals surface area contributed by atoms with Crippen LogP contribution in [0.2, 0.25) is 0 Å². The van der Waals surface area contributed by atoms with E-state index in [-0.39, 0.29) is 0 Å². The third-order valence-corrected chi connectivity index (χ3v) is 0.219. The summed E-state index contributed by atoms with van der Waals surface area (Å²) in [4.78, 5) is 0. The van der Waals surface area contributed by atoms with Crippen molar-refractivity contribution in [2.24, 2.45) is 21.4 Å². The Labute approximate surface area is 40.1 Å². The molecule has 0 saturated heterocycles. The molecule has 36 valence electrons. The predicted molar refractivity (Wildman–Crippen MR) is 23.1 cm³/mol. The maximum atomic E-state index is 7.75. The Morgan fingerprint density at radius 1 is 1.71 bits per heavy atom. The van der Waals surface area contributed by atoms with Crippen molar-refractivity contribution in [2.45, 2.75) is 0 Å². The van der Waals surface area contributed by atoms with Gasteiger partial charge in [-0.25, -0.2) is 0 Å². The fraction of sp³-hybridized carbons (Fsp3) is 0. The Morgan fingerprint density at radius 3 is 2.86 bits per heavy atom. The second-order valence-corrected chi connectivity index (χ2v) is 0.579. The van der Waals surface area contributed by atoms with Crippen molar-refractivity contribution < 1.29 is 0 Å². The van der Waals surface area contributed by atoms with Gasteiger partial charge in [-0.05, 0) is 5.22 Å². The molecule has 0 rings (SSSR count). The first-order chi connectivity index (χ1) is 3.41. The van der Waals surface area contributed by atoms with Crippen LogP contribution in [0.5, 0.6) is 0 Å². The summed E-state index contributed by atoms with van der Waals surface area (Å²) in [5.74, 6) is 4.50. The molecular weight excluding hydrogens is 94.1 g/mol. The monoisotopic (exact) mass is 97.0 g/mol. The second kappa shape index (κ2) is 4.56. The average molecular weight is 97.1 g/mol. The molecule has 0 spiro atoms. The molecule has 0 aromatic carbocycles. The number of hydrogen-bond acceptors (Lipinski definition) is 3. The van der Waals surface area contributed by atoms with E-state index in [2.05, 4.69) is 21.4 Å². The standard InChI is InChI=1S/C2H3N5/c3-1-2-5-7-6-4/h2H,(H2,4,7). The Hall–Kier alpha value is -1.44. The zero-order valence-corrected chi connectivity index (χ0v) is 3.44. The second-order valence-electron chi connectivity index (χ2n) is 0.579. The van der Waals surface area contributed by atoms with Gasteiger partial charge in [0.05, 0.1) is 0 Å². The molecule has 0 atom stereocenters. The lowest BCUT2D eigenvalue weighted by molar-refractivity contribution is 0.961. The van der Waals surface area contributed by atoms with E-state index < -0.39 is 0 Å². The minimum Gasteiger partial charge on any atom is -0.303 e. The molecular formula is C2H3N5. The zero-order valence-electron chi connectivity index (χ0n) is 3.44. The summed E-state index contributed by atoms with van der Waals surface area (Å²) in [6, 6.07) is 1.60. The predicted octanol–water partition coefficient (Wildman–Crippen LogP) is -0.178. The molecule has 0 aromatic heterocycles. The van der Waals surface area contributed by atoms with E-state index in [0.29, 0.717) is 0 Å². The first-order valence-corrected chi connectivity index (χ1v) is 1.43. The molecule has 0 aliphatic carbocycles. The Balaban J connectivity index is 3.33. The lowest BCUT2D eigenvalue weighted by atomic mass is 10.9. The first kappa shape index (κ1) is 5.56. The van der Waals surface area contributed by atoms with E-state index in [9.17, 15) is 0 Å². The first-order valence-electron chi connectivity index (χ1n) is 1.43. The van der Waals surface area contributed by atoms with Crippen LogP contribution in [0.25, 0.3) is 0 Å². The quantitative estimate of drug-likeness (QED) is 0.213. The molecule has 0 radical (unpaired) electrons. The van der Waals surface area contributed by atoms with Crippen molar-refractivity contribution in [1.29, 1.82) is 5.26 Å². The van der Waals surface area contributed by atoms with Crippen LogP contribution < -0.4 is 5.84 Å². The molecule has 7 heavy (non-hydrogen) atoms. The topological polar surface area (TPSA) is 86.9 Å². The van der Waals surface area contributed by atoms with Gasteiger partial charge in [-0.3, -0.25) is 0 Å². The van der Waals surface area contributed by atoms with Gasteiger partial charge in [-0.1, -0.05) is 5.22 Å². The van der Waals surface area contributed by atoms with Gasteiger partial charge in [0.2, 0.25) is 0 Å². The number of nitrogens with two attached hydrogens (primary N) is 1. The van der Waals surface area contributed by atoms with E-state index >= 15 is 0 Å². The van der Waals surface area contributed by atoms with Crippen LogP contribution in [0, 0.1) is 11.3 Å². The van der Waals surface area contributed by atoms with E-state index in [1.807, 2.05) is 0 Å². The lowest BCUT2D eigenvalue weighted by Crippen LogP contribution is -1.71. The maximum absolute atomic E-state index is 7.75. The van der Waals surface area contributed by atoms with Crippen LogP contribution in [0.3, 0.4) is 0 Å². The number of rotatable bonds is 1. The normalized spacial score (nSPS) is 10.1. The molecule has 0 unspecified atom stereocenters. The molecule has 0 aliphatic heterocycles. The molecule has 0 aromatic rings. The van der Waals surface area contributed by atoms with Crippen molar-refractivity contribution in [2.75, 3.05) is 0 Å². The molecule has 2 N–H and O–H groups in total. The van der Waals surface area contributed by atoms with Crippen LogP contribution in [0.15, 0.2) is 15.5 Å². The minimum atomic E-state index is 0.927. The van der Waals surface area contributed by atoms with Crippen molar-refractivity contribution in [3.05, 3.63) is 0 Å². The Morgan fingerprint density at radius 2 is 2.43 bits per heavy atom. The fourth-order valence-electron chi connectivity index (χ4n) is 0.0815. The molecule has 5 nitrogen and oxygen atoms in total. The molecule has 0 fully saturated rings. The third-order valence-electron chi connectivity index (χ3n) is 0.219. The summed E-state index contributed by atoms with van der Waals surface area (Å²) < 4.78 is 0. The number of nitrogens with zero attached hydrogens (tertiary/aromatic N) is 4. The highest BCUT2D eigenvalue weighted by Gasteiger charge is 1.56. The maximum Gasteiger partial charge on any atom is 0.129 e. The van der Waals surface area contributed by atoms with E-state index in [0.717, 1.165) is 6.21 Å². The van der Waals surface area contributed by atoms with Gasteiger partial charge >= 0.3 is 0 Å². The molecule has 0 amide bonds. The van der Waals surface area contributed by atoms with E-state index in [4.69, 9.17) is 5.26 Å². The van der Waals surface area contributed by atoms with Gasteiger partial charge in [0.15, 0.2) is 0 Å². The van der Waals surface area contributed by atoms with Crippen LogP contribution in [0.4, 0.5) is 0 Å². The van der Waals surface area contributed by atoms with Crippen LogP contribution in [-0.4, -0.2) is 6.21 Å². The SMILES string of the molecule is N#CC=NN=NN. The fourth-order valence-corrected chi connectivity index (χ4v) is 0.0815. The summed E-state index contributed by atoms with van der Waals surface area (Å²) in [6.07, 6.45) is 0.927. The average Bonchev–Trinajstić information content (AvgIpc) is 1.69. The zero-order chi connectivity index (χ0) is 5.54. The van der Waals surface area contributed by atoms with Gasteiger partial charge in [0.1, 0.15) is 12.3 Å². The lowest BCUT2D eigenvalue weighted by Gasteiger charge is -1.62. The molecule has 0 aliphatic rings. The van der Waals surface area contributed by atoms with E-state index in [1.54, 1.807) is 6.07 Å².